The topological polar surface area (TPSA) is 0 Å². The van der Waals surface area contributed by atoms with E-state index in [-0.39, 0.29) is 0 Å². The van der Waals surface area contributed by atoms with Crippen LogP contribution in [0.2, 0.25) is 0 Å². The maximum Gasteiger partial charge on any atom is -0.00201 e. The van der Waals surface area contributed by atoms with E-state index >= 15 is 0 Å². The van der Waals surface area contributed by atoms with Crippen molar-refractivity contribution in [2.24, 2.45) is 0 Å². The van der Waals surface area contributed by atoms with E-state index < -0.39 is 0 Å². The van der Waals surface area contributed by atoms with E-state index in [4.69, 9.17) is 0 Å². The number of hydrogen-bond acceptors (Lipinski definition) is 0. The fourth-order valence-electron chi connectivity index (χ4n) is 8.67. The Labute approximate surface area is 301 Å². The van der Waals surface area contributed by atoms with Gasteiger partial charge in [-0.2, -0.15) is 0 Å². The molecule has 0 nitrogen and oxygen atoms in total. The molecule has 0 spiro atoms. The first-order valence-electron chi connectivity index (χ1n) is 18.1. The van der Waals surface area contributed by atoms with Crippen LogP contribution in [0.4, 0.5) is 0 Å². The van der Waals surface area contributed by atoms with Crippen LogP contribution < -0.4 is 0 Å². The smallest absolute Gasteiger partial charge is 0.00201 e. The lowest BCUT2D eigenvalue weighted by molar-refractivity contribution is 1.62. The van der Waals surface area contributed by atoms with Gasteiger partial charge in [0, 0.05) is 0 Å². The molecule has 52 heavy (non-hydrogen) atoms. The first-order chi connectivity index (χ1) is 25.8. The summed E-state index contributed by atoms with van der Waals surface area (Å²) in [6, 6.07) is 71.8. The van der Waals surface area contributed by atoms with Gasteiger partial charge in [0.25, 0.3) is 0 Å². The molecular weight excluding hydrogens is 625 g/mol. The van der Waals surface area contributed by atoms with E-state index in [1.807, 2.05) is 0 Å². The second-order valence-electron chi connectivity index (χ2n) is 14.1. The fraction of sp³-hybridized carbons (Fsp3) is 0. The predicted octanol–water partition coefficient (Wildman–Crippen LogP) is 14.8. The number of benzene rings is 11. The Morgan fingerprint density at radius 2 is 0.692 bits per heavy atom. The van der Waals surface area contributed by atoms with Crippen molar-refractivity contribution in [1.82, 2.24) is 0 Å². The summed E-state index contributed by atoms with van der Waals surface area (Å²) in [7, 11) is 0. The lowest BCUT2D eigenvalue weighted by Gasteiger charge is -2.15. The van der Waals surface area contributed by atoms with Crippen LogP contribution in [-0.4, -0.2) is 0 Å². The Kier molecular flexibility index (Phi) is 6.35. The minimum Gasteiger partial charge on any atom is -0.0616 e. The molecule has 0 fully saturated rings. The van der Waals surface area contributed by atoms with E-state index in [1.165, 1.54) is 109 Å². The van der Waals surface area contributed by atoms with Crippen LogP contribution in [0.1, 0.15) is 0 Å². The molecule has 0 aromatic heterocycles. The predicted molar refractivity (Wildman–Crippen MR) is 225 cm³/mol. The standard InChI is InChI=1S/C52H32/c1-3-11-43-34(8-1)10-7-15-44(43)36-18-16-33(17-19-36)38-26-28-45-39(30-38)23-24-40-31-41(27-29-46(40)45)50-32-42-25-22-37-21-20-35-9-2-4-12-47(35)51(37)52(42)49-14-6-5-13-48(49)50/h1-32H. The van der Waals surface area contributed by atoms with Crippen LogP contribution in [0.15, 0.2) is 194 Å². The van der Waals surface area contributed by atoms with Gasteiger partial charge < -0.3 is 0 Å². The Hall–Kier alpha value is -6.76. The van der Waals surface area contributed by atoms with Crippen molar-refractivity contribution >= 4 is 75.4 Å². The second-order valence-corrected chi connectivity index (χ2v) is 14.1. The molecule has 0 N–H and O–H groups in total. The van der Waals surface area contributed by atoms with E-state index in [9.17, 15) is 0 Å². The molecular formula is C52H32. The zero-order valence-corrected chi connectivity index (χ0v) is 28.5. The van der Waals surface area contributed by atoms with Crippen molar-refractivity contribution < 1.29 is 0 Å². The first-order valence-corrected chi connectivity index (χ1v) is 18.1. The third kappa shape index (κ3) is 4.48. The van der Waals surface area contributed by atoms with Gasteiger partial charge in [-0.3, -0.25) is 0 Å². The summed E-state index contributed by atoms with van der Waals surface area (Å²) in [4.78, 5) is 0. The van der Waals surface area contributed by atoms with Gasteiger partial charge in [-0.15, -0.1) is 0 Å². The summed E-state index contributed by atoms with van der Waals surface area (Å²) in [5.41, 5.74) is 7.48. The summed E-state index contributed by atoms with van der Waals surface area (Å²) in [5.74, 6) is 0. The van der Waals surface area contributed by atoms with Crippen LogP contribution in [0.3, 0.4) is 0 Å². The molecule has 0 heteroatoms. The van der Waals surface area contributed by atoms with E-state index in [0.29, 0.717) is 0 Å². The molecule has 0 aliphatic carbocycles. The maximum absolute atomic E-state index is 2.40. The highest BCUT2D eigenvalue weighted by molar-refractivity contribution is 6.29. The second kappa shape index (κ2) is 11.4. The Bertz CT molecular complexity index is 3210. The summed E-state index contributed by atoms with van der Waals surface area (Å²) >= 11 is 0. The largest absolute Gasteiger partial charge is 0.0616 e. The summed E-state index contributed by atoms with van der Waals surface area (Å²) < 4.78 is 0. The van der Waals surface area contributed by atoms with Gasteiger partial charge in [0.15, 0.2) is 0 Å². The monoisotopic (exact) mass is 656 g/mol. The van der Waals surface area contributed by atoms with Gasteiger partial charge in [-0.1, -0.05) is 176 Å². The molecule has 240 valence electrons. The van der Waals surface area contributed by atoms with Crippen LogP contribution in [0.25, 0.3) is 109 Å². The molecule has 0 heterocycles. The molecule has 0 unspecified atom stereocenters. The van der Waals surface area contributed by atoms with Gasteiger partial charge in [0.1, 0.15) is 0 Å². The fourth-order valence-corrected chi connectivity index (χ4v) is 8.67. The van der Waals surface area contributed by atoms with E-state index in [2.05, 4.69) is 194 Å². The normalized spacial score (nSPS) is 11.8. The average Bonchev–Trinajstić information content (AvgIpc) is 3.22. The number of rotatable bonds is 3. The number of hydrogen-bond donors (Lipinski definition) is 0. The molecule has 0 saturated carbocycles. The molecule has 11 rings (SSSR count). The van der Waals surface area contributed by atoms with E-state index in [0.717, 1.165) is 0 Å². The van der Waals surface area contributed by atoms with Crippen molar-refractivity contribution in [2.45, 2.75) is 0 Å². The SMILES string of the molecule is c1ccc2c(-c3ccc(-c4ccc5c(ccc6cc(-c7cc8ccc9ccc%10ccccc%10c9c8c8ccccc78)ccc65)c4)cc3)cccc2c1. The average molecular weight is 657 g/mol. The highest BCUT2D eigenvalue weighted by Gasteiger charge is 2.14. The third-order valence-electron chi connectivity index (χ3n) is 11.2. The summed E-state index contributed by atoms with van der Waals surface area (Å²) in [6.07, 6.45) is 0. The molecule has 0 aliphatic rings. The van der Waals surface area contributed by atoms with Crippen molar-refractivity contribution in [3.8, 4) is 33.4 Å². The Morgan fingerprint density at radius 3 is 1.46 bits per heavy atom. The van der Waals surface area contributed by atoms with Gasteiger partial charge in [0.2, 0.25) is 0 Å². The van der Waals surface area contributed by atoms with Crippen molar-refractivity contribution in [3.05, 3.63) is 194 Å². The molecule has 11 aromatic carbocycles. The molecule has 11 aromatic rings. The summed E-state index contributed by atoms with van der Waals surface area (Å²) in [6.45, 7) is 0. The third-order valence-corrected chi connectivity index (χ3v) is 11.2. The lowest BCUT2D eigenvalue weighted by Crippen LogP contribution is -1.88. The maximum atomic E-state index is 2.40. The zero-order chi connectivity index (χ0) is 34.2. The van der Waals surface area contributed by atoms with Gasteiger partial charge in [-0.05, 0) is 127 Å². The minimum atomic E-state index is 1.23. The molecule has 0 bridgehead atoms. The molecule has 0 radical (unpaired) electrons. The minimum absolute atomic E-state index is 1.23. The summed E-state index contributed by atoms with van der Waals surface area (Å²) in [5, 5.41) is 18.0. The van der Waals surface area contributed by atoms with Gasteiger partial charge >= 0.3 is 0 Å². The molecule has 0 atom stereocenters. The first kappa shape index (κ1) is 29.0. The van der Waals surface area contributed by atoms with Crippen LogP contribution in [0.5, 0.6) is 0 Å². The highest BCUT2D eigenvalue weighted by Crippen LogP contribution is 2.42. The van der Waals surface area contributed by atoms with Crippen molar-refractivity contribution in [1.29, 1.82) is 0 Å². The van der Waals surface area contributed by atoms with Crippen molar-refractivity contribution in [2.75, 3.05) is 0 Å². The lowest BCUT2D eigenvalue weighted by atomic mass is 9.88. The quantitative estimate of drug-likeness (QED) is 0.166. The van der Waals surface area contributed by atoms with Crippen LogP contribution in [-0.2, 0) is 0 Å². The molecule has 0 saturated heterocycles. The highest BCUT2D eigenvalue weighted by atomic mass is 14.2. The van der Waals surface area contributed by atoms with E-state index in [1.54, 1.807) is 0 Å². The zero-order valence-electron chi connectivity index (χ0n) is 28.5. The molecule has 0 aliphatic heterocycles. The number of fused-ring (bicyclic) bond motifs is 11. The molecule has 0 amide bonds. The Balaban J connectivity index is 0.999. The van der Waals surface area contributed by atoms with Crippen LogP contribution >= 0.6 is 0 Å². The van der Waals surface area contributed by atoms with Gasteiger partial charge in [-0.25, -0.2) is 0 Å². The van der Waals surface area contributed by atoms with Crippen molar-refractivity contribution in [3.63, 3.8) is 0 Å². The van der Waals surface area contributed by atoms with Gasteiger partial charge in [0.05, 0.1) is 0 Å². The van der Waals surface area contributed by atoms with Crippen LogP contribution in [0, 0.1) is 0 Å². The Morgan fingerprint density at radius 1 is 0.192 bits per heavy atom.